The molecular formula is C45H33NO. The van der Waals surface area contributed by atoms with E-state index in [9.17, 15) is 0 Å². The number of anilines is 3. The molecular weight excluding hydrogens is 571 g/mol. The second kappa shape index (κ2) is 10.6. The summed E-state index contributed by atoms with van der Waals surface area (Å²) >= 11 is 0. The van der Waals surface area contributed by atoms with E-state index >= 15 is 0 Å². The highest BCUT2D eigenvalue weighted by atomic mass is 16.3. The van der Waals surface area contributed by atoms with Crippen LogP contribution in [0.25, 0.3) is 55.3 Å². The first kappa shape index (κ1) is 27.5. The highest BCUT2D eigenvalue weighted by Gasteiger charge is 2.35. The number of para-hydroxylation sites is 4. The predicted molar refractivity (Wildman–Crippen MR) is 197 cm³/mol. The second-order valence-corrected chi connectivity index (χ2v) is 12.9. The molecule has 0 radical (unpaired) electrons. The van der Waals surface area contributed by atoms with Gasteiger partial charge in [-0.15, -0.1) is 0 Å². The Morgan fingerprint density at radius 3 is 1.98 bits per heavy atom. The lowest BCUT2D eigenvalue weighted by molar-refractivity contribution is 0.660. The Bertz CT molecular complexity index is 2450. The maximum atomic E-state index is 6.45. The summed E-state index contributed by atoms with van der Waals surface area (Å²) in [4.78, 5) is 2.38. The third kappa shape index (κ3) is 4.33. The molecule has 0 unspecified atom stereocenters. The van der Waals surface area contributed by atoms with E-state index in [1.54, 1.807) is 0 Å². The first-order valence-electron chi connectivity index (χ1n) is 16.3. The van der Waals surface area contributed by atoms with E-state index in [2.05, 4.69) is 170 Å². The molecule has 2 nitrogen and oxygen atoms in total. The lowest BCUT2D eigenvalue weighted by Gasteiger charge is -2.28. The molecule has 0 saturated carbocycles. The molecule has 0 amide bonds. The summed E-state index contributed by atoms with van der Waals surface area (Å²) in [6, 6.07) is 58.8. The second-order valence-electron chi connectivity index (χ2n) is 12.9. The first-order chi connectivity index (χ1) is 23.1. The van der Waals surface area contributed by atoms with Crippen LogP contribution in [0.5, 0.6) is 0 Å². The van der Waals surface area contributed by atoms with E-state index in [1.807, 2.05) is 12.1 Å². The number of hydrogen-bond acceptors (Lipinski definition) is 2. The fourth-order valence-electron chi connectivity index (χ4n) is 7.59. The highest BCUT2D eigenvalue weighted by molar-refractivity contribution is 6.09. The van der Waals surface area contributed by atoms with Gasteiger partial charge >= 0.3 is 0 Å². The Hall–Kier alpha value is -5.86. The topological polar surface area (TPSA) is 16.4 Å². The van der Waals surface area contributed by atoms with Gasteiger partial charge in [0.2, 0.25) is 0 Å². The molecule has 0 spiro atoms. The van der Waals surface area contributed by atoms with Gasteiger partial charge in [0.05, 0.1) is 5.69 Å². The van der Waals surface area contributed by atoms with Gasteiger partial charge in [0, 0.05) is 38.7 Å². The van der Waals surface area contributed by atoms with Crippen molar-refractivity contribution >= 4 is 39.0 Å². The molecule has 0 N–H and O–H groups in total. The van der Waals surface area contributed by atoms with Crippen LogP contribution >= 0.6 is 0 Å². The molecule has 0 fully saturated rings. The van der Waals surface area contributed by atoms with E-state index < -0.39 is 0 Å². The van der Waals surface area contributed by atoms with Crippen molar-refractivity contribution in [3.8, 4) is 33.4 Å². The Morgan fingerprint density at radius 1 is 0.447 bits per heavy atom. The molecule has 1 heterocycles. The van der Waals surface area contributed by atoms with Crippen molar-refractivity contribution in [3.05, 3.63) is 175 Å². The van der Waals surface area contributed by atoms with E-state index in [-0.39, 0.29) is 5.41 Å². The van der Waals surface area contributed by atoms with Crippen LogP contribution in [0.1, 0.15) is 25.0 Å². The lowest BCUT2D eigenvalue weighted by atomic mass is 9.82. The van der Waals surface area contributed by atoms with Gasteiger partial charge in [-0.05, 0) is 75.8 Å². The number of furan rings is 1. The minimum Gasteiger partial charge on any atom is -0.455 e. The SMILES string of the molecule is CC1(C)c2ccccc2-c2cc(-c3ccccc3N(c3ccccc3)c3cccc(-c4cccc5c4oc4ccccc45)c3)ccc21. The van der Waals surface area contributed by atoms with Crippen molar-refractivity contribution in [2.24, 2.45) is 0 Å². The zero-order valence-corrected chi connectivity index (χ0v) is 26.4. The molecule has 7 aromatic carbocycles. The van der Waals surface area contributed by atoms with Crippen molar-refractivity contribution in [2.45, 2.75) is 19.3 Å². The monoisotopic (exact) mass is 603 g/mol. The summed E-state index contributed by atoms with van der Waals surface area (Å²) < 4.78 is 6.45. The van der Waals surface area contributed by atoms with Crippen molar-refractivity contribution in [2.75, 3.05) is 4.90 Å². The molecule has 47 heavy (non-hydrogen) atoms. The smallest absolute Gasteiger partial charge is 0.143 e. The molecule has 0 bridgehead atoms. The third-order valence-corrected chi connectivity index (χ3v) is 9.87. The summed E-state index contributed by atoms with van der Waals surface area (Å²) in [6.07, 6.45) is 0. The molecule has 8 aromatic rings. The van der Waals surface area contributed by atoms with Gasteiger partial charge in [-0.1, -0.05) is 135 Å². The van der Waals surface area contributed by atoms with Gasteiger partial charge in [-0.25, -0.2) is 0 Å². The van der Waals surface area contributed by atoms with Crippen molar-refractivity contribution in [1.29, 1.82) is 0 Å². The van der Waals surface area contributed by atoms with Gasteiger partial charge in [0.15, 0.2) is 0 Å². The quantitative estimate of drug-likeness (QED) is 0.195. The number of rotatable bonds is 5. The van der Waals surface area contributed by atoms with Crippen LogP contribution in [-0.4, -0.2) is 0 Å². The van der Waals surface area contributed by atoms with Crippen LogP contribution in [0.15, 0.2) is 168 Å². The maximum Gasteiger partial charge on any atom is 0.143 e. The standard InChI is InChI=1S/C45H33NO/c1-45(2)40-23-9-6-19-36(40)39-29-31(26-27-41(39)45)34-18-7-10-24-42(34)46(32-15-4-3-5-16-32)33-17-12-14-30(28-33)35-21-13-22-38-37-20-8-11-25-43(37)47-44(35)38/h3-29H,1-2H3. The zero-order chi connectivity index (χ0) is 31.5. The average molecular weight is 604 g/mol. The van der Waals surface area contributed by atoms with Crippen LogP contribution in [0, 0.1) is 0 Å². The van der Waals surface area contributed by atoms with Crippen LogP contribution in [-0.2, 0) is 5.41 Å². The fraction of sp³-hybridized carbons (Fsp3) is 0.0667. The van der Waals surface area contributed by atoms with Crippen LogP contribution in [0.2, 0.25) is 0 Å². The number of nitrogens with zero attached hydrogens (tertiary/aromatic N) is 1. The van der Waals surface area contributed by atoms with Crippen LogP contribution < -0.4 is 4.90 Å². The van der Waals surface area contributed by atoms with Crippen LogP contribution in [0.3, 0.4) is 0 Å². The minimum absolute atomic E-state index is 0.0246. The molecule has 224 valence electrons. The van der Waals surface area contributed by atoms with Crippen molar-refractivity contribution in [1.82, 2.24) is 0 Å². The third-order valence-electron chi connectivity index (χ3n) is 9.87. The van der Waals surface area contributed by atoms with Gasteiger partial charge in [0.1, 0.15) is 11.2 Å². The normalized spacial score (nSPS) is 13.1. The molecule has 0 saturated heterocycles. The van der Waals surface area contributed by atoms with E-state index in [1.165, 1.54) is 33.4 Å². The Labute approximate surface area is 275 Å². The fourth-order valence-corrected chi connectivity index (χ4v) is 7.59. The highest BCUT2D eigenvalue weighted by Crippen LogP contribution is 2.50. The summed E-state index contributed by atoms with van der Waals surface area (Å²) in [5.74, 6) is 0. The maximum absolute atomic E-state index is 6.45. The van der Waals surface area contributed by atoms with Gasteiger partial charge in [-0.2, -0.15) is 0 Å². The largest absolute Gasteiger partial charge is 0.455 e. The molecule has 1 aliphatic rings. The molecule has 9 rings (SSSR count). The van der Waals surface area contributed by atoms with E-state index in [0.717, 1.165) is 50.1 Å². The van der Waals surface area contributed by atoms with Gasteiger partial charge in [0.25, 0.3) is 0 Å². The first-order valence-corrected chi connectivity index (χ1v) is 16.3. The number of hydrogen-bond donors (Lipinski definition) is 0. The van der Waals surface area contributed by atoms with E-state index in [0.29, 0.717) is 0 Å². The molecule has 2 heteroatoms. The zero-order valence-electron chi connectivity index (χ0n) is 26.4. The Kier molecular flexibility index (Phi) is 6.20. The average Bonchev–Trinajstić information content (AvgIpc) is 3.61. The van der Waals surface area contributed by atoms with Crippen molar-refractivity contribution in [3.63, 3.8) is 0 Å². The summed E-state index contributed by atoms with van der Waals surface area (Å²) in [5.41, 5.74) is 15.1. The molecule has 0 aliphatic heterocycles. The lowest BCUT2D eigenvalue weighted by Crippen LogP contribution is -2.14. The number of fused-ring (bicyclic) bond motifs is 6. The van der Waals surface area contributed by atoms with E-state index in [4.69, 9.17) is 4.42 Å². The Morgan fingerprint density at radius 2 is 1.09 bits per heavy atom. The molecule has 1 aromatic heterocycles. The van der Waals surface area contributed by atoms with Gasteiger partial charge in [-0.3, -0.25) is 0 Å². The number of benzene rings is 7. The predicted octanol–water partition coefficient (Wildman–Crippen LogP) is 12.7. The Balaban J connectivity index is 1.21. The van der Waals surface area contributed by atoms with Crippen molar-refractivity contribution < 1.29 is 4.42 Å². The molecule has 1 aliphatic carbocycles. The minimum atomic E-state index is -0.0246. The van der Waals surface area contributed by atoms with Gasteiger partial charge < -0.3 is 9.32 Å². The molecule has 0 atom stereocenters. The summed E-state index contributed by atoms with van der Waals surface area (Å²) in [6.45, 7) is 4.67. The summed E-state index contributed by atoms with van der Waals surface area (Å²) in [5, 5.41) is 2.27. The van der Waals surface area contributed by atoms with Crippen LogP contribution in [0.4, 0.5) is 17.1 Å². The summed E-state index contributed by atoms with van der Waals surface area (Å²) in [7, 11) is 0.